The van der Waals surface area contributed by atoms with Crippen molar-refractivity contribution in [2.45, 2.75) is 18.2 Å². The van der Waals surface area contributed by atoms with Gasteiger partial charge in [-0.3, -0.25) is 4.79 Å². The third-order valence-electron chi connectivity index (χ3n) is 4.96. The van der Waals surface area contributed by atoms with E-state index >= 15 is 0 Å². The van der Waals surface area contributed by atoms with Gasteiger partial charge in [-0.2, -0.15) is 4.31 Å². The molecule has 2 aromatic rings. The van der Waals surface area contributed by atoms with E-state index in [2.05, 4.69) is 5.32 Å². The minimum absolute atomic E-state index is 0.157. The molecule has 168 valence electrons. The van der Waals surface area contributed by atoms with Crippen LogP contribution in [0.3, 0.4) is 0 Å². The molecule has 1 saturated heterocycles. The van der Waals surface area contributed by atoms with Crippen molar-refractivity contribution in [1.82, 2.24) is 9.21 Å². The minimum Gasteiger partial charge on any atom is -0.494 e. The Balaban J connectivity index is 1.47. The van der Waals surface area contributed by atoms with Gasteiger partial charge in [0, 0.05) is 50.9 Å². The smallest absolute Gasteiger partial charge is 0.243 e. The second-order valence-corrected chi connectivity index (χ2v) is 9.02. The number of carbonyl (C=O) groups excluding carboxylic acids is 1. The number of piperazine rings is 1. The summed E-state index contributed by atoms with van der Waals surface area (Å²) in [5.74, 6) is -1.71. The third-order valence-corrected chi connectivity index (χ3v) is 6.88. The molecule has 0 aromatic heterocycles. The summed E-state index contributed by atoms with van der Waals surface area (Å²) in [6, 6.07) is 9.52. The quantitative estimate of drug-likeness (QED) is 0.665. The number of rotatable bonds is 8. The normalized spacial score (nSPS) is 15.6. The van der Waals surface area contributed by atoms with E-state index in [0.717, 1.165) is 12.1 Å². The number of nitrogens with one attached hydrogen (secondary N) is 1. The van der Waals surface area contributed by atoms with E-state index in [1.165, 1.54) is 22.5 Å². The van der Waals surface area contributed by atoms with Gasteiger partial charge in [0.2, 0.25) is 15.9 Å². The monoisotopic (exact) mass is 453 g/mol. The Hall–Kier alpha value is -2.56. The molecule has 1 amide bonds. The molecule has 1 aliphatic rings. The van der Waals surface area contributed by atoms with Crippen molar-refractivity contribution in [2.24, 2.45) is 0 Å². The van der Waals surface area contributed by atoms with Crippen LogP contribution >= 0.6 is 0 Å². The molecule has 0 spiro atoms. The summed E-state index contributed by atoms with van der Waals surface area (Å²) in [5.41, 5.74) is 0.190. The van der Waals surface area contributed by atoms with Crippen LogP contribution in [-0.4, -0.2) is 62.9 Å². The summed E-state index contributed by atoms with van der Waals surface area (Å²) >= 11 is 0. The molecule has 2 aromatic carbocycles. The van der Waals surface area contributed by atoms with Crippen molar-refractivity contribution >= 4 is 21.6 Å². The largest absolute Gasteiger partial charge is 0.494 e. The van der Waals surface area contributed by atoms with Gasteiger partial charge in [0.05, 0.1) is 11.5 Å². The SMILES string of the molecule is CCOc1ccc(S(=O)(=O)N2CCN(CCC(=O)Nc3ccc(F)c(F)c3)CC2)cc1. The Morgan fingerprint density at radius 2 is 1.71 bits per heavy atom. The number of amides is 1. The highest BCUT2D eigenvalue weighted by Crippen LogP contribution is 2.21. The Morgan fingerprint density at radius 3 is 2.32 bits per heavy atom. The fraction of sp³-hybridized carbons (Fsp3) is 0.381. The molecule has 0 unspecified atom stereocenters. The number of halogens is 2. The number of ether oxygens (including phenoxy) is 1. The van der Waals surface area contributed by atoms with Crippen molar-refractivity contribution in [2.75, 3.05) is 44.6 Å². The number of hydrogen-bond donors (Lipinski definition) is 1. The van der Waals surface area contributed by atoms with E-state index in [4.69, 9.17) is 4.74 Å². The van der Waals surface area contributed by atoms with E-state index < -0.39 is 21.7 Å². The lowest BCUT2D eigenvalue weighted by Crippen LogP contribution is -2.49. The fourth-order valence-electron chi connectivity index (χ4n) is 3.27. The van der Waals surface area contributed by atoms with Crippen LogP contribution in [0.15, 0.2) is 47.4 Å². The molecule has 10 heteroatoms. The average molecular weight is 454 g/mol. The van der Waals surface area contributed by atoms with E-state index in [1.807, 2.05) is 11.8 Å². The maximum Gasteiger partial charge on any atom is 0.243 e. The summed E-state index contributed by atoms with van der Waals surface area (Å²) in [6.07, 6.45) is 0.157. The Morgan fingerprint density at radius 1 is 1.03 bits per heavy atom. The maximum absolute atomic E-state index is 13.2. The van der Waals surface area contributed by atoms with Gasteiger partial charge in [-0.05, 0) is 43.3 Å². The van der Waals surface area contributed by atoms with Gasteiger partial charge in [-0.1, -0.05) is 0 Å². The predicted octanol–water partition coefficient (Wildman–Crippen LogP) is 2.70. The Bertz CT molecular complexity index is 1010. The van der Waals surface area contributed by atoms with Gasteiger partial charge in [0.15, 0.2) is 11.6 Å². The number of anilines is 1. The zero-order chi connectivity index (χ0) is 22.4. The van der Waals surface area contributed by atoms with Crippen molar-refractivity contribution < 1.29 is 26.7 Å². The number of carbonyl (C=O) groups is 1. The lowest BCUT2D eigenvalue weighted by molar-refractivity contribution is -0.116. The summed E-state index contributed by atoms with van der Waals surface area (Å²) in [6.45, 7) is 4.43. The first-order chi connectivity index (χ1) is 14.8. The first-order valence-corrected chi connectivity index (χ1v) is 11.4. The molecule has 0 aliphatic carbocycles. The molecule has 1 N–H and O–H groups in total. The van der Waals surface area contributed by atoms with Crippen LogP contribution in [0.25, 0.3) is 0 Å². The van der Waals surface area contributed by atoms with Crippen molar-refractivity contribution in [3.05, 3.63) is 54.1 Å². The third kappa shape index (κ3) is 5.99. The molecule has 0 atom stereocenters. The number of benzene rings is 2. The second kappa shape index (κ2) is 10.2. The highest BCUT2D eigenvalue weighted by molar-refractivity contribution is 7.89. The van der Waals surface area contributed by atoms with E-state index in [9.17, 15) is 22.0 Å². The predicted molar refractivity (Wildman–Crippen MR) is 112 cm³/mol. The summed E-state index contributed by atoms with van der Waals surface area (Å²) in [5, 5.41) is 2.53. The standard InChI is InChI=1S/C21H25F2N3O4S/c1-2-30-17-4-6-18(7-5-17)31(28,29)26-13-11-25(12-14-26)10-9-21(27)24-16-3-8-19(22)20(23)15-16/h3-8,15H,2,9-14H2,1H3,(H,24,27). The van der Waals surface area contributed by atoms with Gasteiger partial charge in [0.1, 0.15) is 5.75 Å². The van der Waals surface area contributed by atoms with Crippen LogP contribution in [-0.2, 0) is 14.8 Å². The maximum atomic E-state index is 13.2. The lowest BCUT2D eigenvalue weighted by Gasteiger charge is -2.33. The van der Waals surface area contributed by atoms with Crippen LogP contribution in [0, 0.1) is 11.6 Å². The molecule has 7 nitrogen and oxygen atoms in total. The Labute approximate surface area is 180 Å². The van der Waals surface area contributed by atoms with Gasteiger partial charge in [-0.25, -0.2) is 17.2 Å². The second-order valence-electron chi connectivity index (χ2n) is 7.08. The number of hydrogen-bond acceptors (Lipinski definition) is 5. The summed E-state index contributed by atoms with van der Waals surface area (Å²) in [7, 11) is -3.59. The highest BCUT2D eigenvalue weighted by Gasteiger charge is 2.28. The molecular formula is C21H25F2N3O4S. The van der Waals surface area contributed by atoms with Gasteiger partial charge >= 0.3 is 0 Å². The summed E-state index contributed by atoms with van der Waals surface area (Å²) in [4.78, 5) is 14.3. The lowest BCUT2D eigenvalue weighted by atomic mass is 10.2. The summed E-state index contributed by atoms with van der Waals surface area (Å²) < 4.78 is 58.6. The van der Waals surface area contributed by atoms with Crippen LogP contribution in [0.1, 0.15) is 13.3 Å². The first-order valence-electron chi connectivity index (χ1n) is 10.00. The van der Waals surface area contributed by atoms with Gasteiger partial charge in [-0.15, -0.1) is 0 Å². The Kier molecular flexibility index (Phi) is 7.58. The van der Waals surface area contributed by atoms with Crippen LogP contribution in [0.4, 0.5) is 14.5 Å². The molecule has 1 fully saturated rings. The highest BCUT2D eigenvalue weighted by atomic mass is 32.2. The van der Waals surface area contributed by atoms with E-state index in [1.54, 1.807) is 12.1 Å². The van der Waals surface area contributed by atoms with Gasteiger partial charge in [0.25, 0.3) is 0 Å². The molecule has 0 bridgehead atoms. The zero-order valence-electron chi connectivity index (χ0n) is 17.2. The zero-order valence-corrected chi connectivity index (χ0v) is 18.0. The fourth-order valence-corrected chi connectivity index (χ4v) is 4.70. The number of nitrogens with zero attached hydrogens (tertiary/aromatic N) is 2. The molecule has 1 heterocycles. The van der Waals surface area contributed by atoms with Crippen LogP contribution in [0.2, 0.25) is 0 Å². The molecular weight excluding hydrogens is 428 g/mol. The topological polar surface area (TPSA) is 79.0 Å². The number of sulfonamides is 1. The first kappa shape index (κ1) is 23.1. The van der Waals surface area contributed by atoms with E-state index in [-0.39, 0.29) is 22.9 Å². The van der Waals surface area contributed by atoms with Crippen LogP contribution in [0.5, 0.6) is 5.75 Å². The molecule has 0 saturated carbocycles. The van der Waals surface area contributed by atoms with Crippen molar-refractivity contribution in [3.8, 4) is 5.75 Å². The minimum atomic E-state index is -3.59. The van der Waals surface area contributed by atoms with Crippen molar-refractivity contribution in [1.29, 1.82) is 0 Å². The average Bonchev–Trinajstić information content (AvgIpc) is 2.76. The molecule has 0 radical (unpaired) electrons. The van der Waals surface area contributed by atoms with Gasteiger partial charge < -0.3 is 15.0 Å². The molecule has 31 heavy (non-hydrogen) atoms. The van der Waals surface area contributed by atoms with Crippen LogP contribution < -0.4 is 10.1 Å². The van der Waals surface area contributed by atoms with E-state index in [0.29, 0.717) is 45.1 Å². The molecule has 1 aliphatic heterocycles. The molecule has 3 rings (SSSR count). The van der Waals surface area contributed by atoms with Crippen molar-refractivity contribution in [3.63, 3.8) is 0 Å².